The Morgan fingerprint density at radius 2 is 1.96 bits per heavy atom. The van der Waals surface area contributed by atoms with E-state index in [0.29, 0.717) is 5.13 Å². The molecule has 0 unspecified atom stereocenters. The van der Waals surface area contributed by atoms with Gasteiger partial charge in [0.25, 0.3) is 0 Å². The molecule has 4 nitrogen and oxygen atoms in total. The molecule has 0 bridgehead atoms. The summed E-state index contributed by atoms with van der Waals surface area (Å²) in [6, 6.07) is 18.3. The fraction of sp³-hybridized carbons (Fsp3) is 0.250. The second kappa shape index (κ2) is 8.96. The molecule has 134 valence electrons. The number of anilines is 1. The molecule has 0 aliphatic carbocycles. The summed E-state index contributed by atoms with van der Waals surface area (Å²) >= 11 is 3.05. The number of carbonyl (C=O) groups excluding carboxylic acids is 1. The normalized spacial score (nSPS) is 11.9. The number of rotatable bonds is 7. The number of hydrogen-bond acceptors (Lipinski definition) is 5. The van der Waals surface area contributed by atoms with E-state index in [9.17, 15) is 4.79 Å². The summed E-state index contributed by atoms with van der Waals surface area (Å²) in [4.78, 5) is 12.6. The monoisotopic (exact) mass is 383 g/mol. The molecule has 1 heterocycles. The zero-order valence-corrected chi connectivity index (χ0v) is 16.4. The van der Waals surface area contributed by atoms with Crippen LogP contribution in [0.2, 0.25) is 0 Å². The van der Waals surface area contributed by atoms with E-state index in [2.05, 4.69) is 46.7 Å². The average molecular weight is 384 g/mol. The molecule has 2 aromatic carbocycles. The van der Waals surface area contributed by atoms with Crippen molar-refractivity contribution >= 4 is 34.1 Å². The summed E-state index contributed by atoms with van der Waals surface area (Å²) < 4.78 is 0.856. The summed E-state index contributed by atoms with van der Waals surface area (Å²) in [6.45, 7) is 4.10. The topological polar surface area (TPSA) is 54.9 Å². The van der Waals surface area contributed by atoms with E-state index < -0.39 is 0 Å². The molecule has 3 rings (SSSR count). The fourth-order valence-electron chi connectivity index (χ4n) is 2.72. The van der Waals surface area contributed by atoms with Crippen molar-refractivity contribution in [3.05, 3.63) is 71.3 Å². The standard InChI is InChI=1S/C20H21N3OS2/c1-3-17(16-10-5-4-6-11-16)18(24)21-19-22-23-20(26-19)25-13-15-9-7-8-14(2)12-15/h4-12,17H,3,13H2,1-2H3,(H,21,22,24)/t17-/m0/s1. The second-order valence-electron chi connectivity index (χ2n) is 6.01. The molecule has 0 saturated carbocycles. The molecule has 1 amide bonds. The molecule has 6 heteroatoms. The van der Waals surface area contributed by atoms with Crippen molar-refractivity contribution in [2.24, 2.45) is 0 Å². The molecule has 0 aliphatic rings. The molecule has 0 spiro atoms. The van der Waals surface area contributed by atoms with Crippen molar-refractivity contribution < 1.29 is 4.79 Å². The van der Waals surface area contributed by atoms with E-state index in [1.165, 1.54) is 22.5 Å². The maximum absolute atomic E-state index is 12.6. The fourth-order valence-corrected chi connectivity index (χ4v) is 4.41. The number of carbonyl (C=O) groups is 1. The highest BCUT2D eigenvalue weighted by molar-refractivity contribution is 8.00. The lowest BCUT2D eigenvalue weighted by Gasteiger charge is -2.13. The third-order valence-corrected chi connectivity index (χ3v) is 6.05. The van der Waals surface area contributed by atoms with E-state index in [4.69, 9.17) is 0 Å². The number of hydrogen-bond donors (Lipinski definition) is 1. The van der Waals surface area contributed by atoms with Crippen LogP contribution in [0.4, 0.5) is 5.13 Å². The molecule has 1 aromatic heterocycles. The van der Waals surface area contributed by atoms with Crippen LogP contribution in [0.25, 0.3) is 0 Å². The quantitative estimate of drug-likeness (QED) is 0.446. The van der Waals surface area contributed by atoms with Crippen LogP contribution in [-0.4, -0.2) is 16.1 Å². The lowest BCUT2D eigenvalue weighted by Crippen LogP contribution is -2.20. The van der Waals surface area contributed by atoms with Gasteiger partial charge >= 0.3 is 0 Å². The Bertz CT molecular complexity index is 864. The molecule has 0 saturated heterocycles. The number of benzene rings is 2. The second-order valence-corrected chi connectivity index (χ2v) is 8.21. The Labute approximate surface area is 162 Å². The van der Waals surface area contributed by atoms with Gasteiger partial charge in [-0.05, 0) is 24.5 Å². The van der Waals surface area contributed by atoms with Gasteiger partial charge in [0.2, 0.25) is 11.0 Å². The number of nitrogens with one attached hydrogen (secondary N) is 1. The highest BCUT2D eigenvalue weighted by Crippen LogP contribution is 2.29. The SMILES string of the molecule is CC[C@H](C(=O)Nc1nnc(SCc2cccc(C)c2)s1)c1ccccc1. The Balaban J connectivity index is 1.60. The minimum absolute atomic E-state index is 0.0370. The van der Waals surface area contributed by atoms with Gasteiger partial charge in [-0.15, -0.1) is 10.2 Å². The Morgan fingerprint density at radius 3 is 2.69 bits per heavy atom. The summed E-state index contributed by atoms with van der Waals surface area (Å²) in [5, 5.41) is 11.8. The highest BCUT2D eigenvalue weighted by atomic mass is 32.2. The molecule has 3 aromatic rings. The Morgan fingerprint density at radius 1 is 1.15 bits per heavy atom. The minimum Gasteiger partial charge on any atom is -0.300 e. The van der Waals surface area contributed by atoms with Crippen molar-refractivity contribution in [2.45, 2.75) is 36.3 Å². The van der Waals surface area contributed by atoms with Crippen LogP contribution in [0.5, 0.6) is 0 Å². The summed E-state index contributed by atoms with van der Waals surface area (Å²) in [5.74, 6) is 0.625. The third-order valence-electron chi connectivity index (χ3n) is 4.01. The van der Waals surface area contributed by atoms with Gasteiger partial charge in [0, 0.05) is 5.75 Å². The molecule has 26 heavy (non-hydrogen) atoms. The number of aryl methyl sites for hydroxylation is 1. The first-order valence-electron chi connectivity index (χ1n) is 8.53. The van der Waals surface area contributed by atoms with Crippen LogP contribution < -0.4 is 5.32 Å². The Hall–Kier alpha value is -2.18. The zero-order chi connectivity index (χ0) is 18.4. The van der Waals surface area contributed by atoms with Crippen LogP contribution >= 0.6 is 23.1 Å². The number of thioether (sulfide) groups is 1. The summed E-state index contributed by atoms with van der Waals surface area (Å²) in [7, 11) is 0. The largest absolute Gasteiger partial charge is 0.300 e. The lowest BCUT2D eigenvalue weighted by molar-refractivity contribution is -0.117. The van der Waals surface area contributed by atoms with E-state index in [-0.39, 0.29) is 11.8 Å². The van der Waals surface area contributed by atoms with Gasteiger partial charge in [-0.25, -0.2) is 0 Å². The number of aromatic nitrogens is 2. The van der Waals surface area contributed by atoms with E-state index >= 15 is 0 Å². The van der Waals surface area contributed by atoms with Crippen LogP contribution in [0.15, 0.2) is 58.9 Å². The maximum Gasteiger partial charge on any atom is 0.233 e. The van der Waals surface area contributed by atoms with Crippen molar-refractivity contribution in [3.8, 4) is 0 Å². The van der Waals surface area contributed by atoms with E-state index in [1.54, 1.807) is 11.8 Å². The number of amides is 1. The third kappa shape index (κ3) is 4.93. The van der Waals surface area contributed by atoms with Gasteiger partial charge in [0.15, 0.2) is 4.34 Å². The molecular formula is C20H21N3OS2. The molecule has 0 fully saturated rings. The molecule has 1 atom stereocenters. The average Bonchev–Trinajstić information content (AvgIpc) is 3.09. The van der Waals surface area contributed by atoms with Crippen LogP contribution in [0.3, 0.4) is 0 Å². The predicted molar refractivity (Wildman–Crippen MR) is 109 cm³/mol. The van der Waals surface area contributed by atoms with Gasteiger partial charge in [0.05, 0.1) is 5.92 Å². The summed E-state index contributed by atoms with van der Waals surface area (Å²) in [5.41, 5.74) is 3.52. The van der Waals surface area contributed by atoms with Crippen molar-refractivity contribution in [1.29, 1.82) is 0 Å². The smallest absolute Gasteiger partial charge is 0.233 e. The first-order chi connectivity index (χ1) is 12.7. The van der Waals surface area contributed by atoms with E-state index in [0.717, 1.165) is 22.1 Å². The first-order valence-corrected chi connectivity index (χ1v) is 10.3. The van der Waals surface area contributed by atoms with Gasteiger partial charge in [-0.1, -0.05) is 90.2 Å². The zero-order valence-electron chi connectivity index (χ0n) is 14.8. The van der Waals surface area contributed by atoms with E-state index in [1.807, 2.05) is 37.3 Å². The number of nitrogens with zero attached hydrogens (tertiary/aromatic N) is 2. The Kier molecular flexibility index (Phi) is 6.41. The molecule has 0 aliphatic heterocycles. The highest BCUT2D eigenvalue weighted by Gasteiger charge is 2.20. The van der Waals surface area contributed by atoms with Gasteiger partial charge in [-0.3, -0.25) is 10.1 Å². The lowest BCUT2D eigenvalue weighted by atomic mass is 9.96. The molecule has 1 N–H and O–H groups in total. The predicted octanol–water partition coefficient (Wildman–Crippen LogP) is 5.27. The summed E-state index contributed by atoms with van der Waals surface area (Å²) in [6.07, 6.45) is 0.740. The molecular weight excluding hydrogens is 362 g/mol. The van der Waals surface area contributed by atoms with Crippen LogP contribution in [-0.2, 0) is 10.5 Å². The molecule has 0 radical (unpaired) electrons. The van der Waals surface area contributed by atoms with Crippen LogP contribution in [0.1, 0.15) is 36.0 Å². The van der Waals surface area contributed by atoms with Gasteiger partial charge in [0.1, 0.15) is 0 Å². The minimum atomic E-state index is -0.177. The van der Waals surface area contributed by atoms with Crippen molar-refractivity contribution in [2.75, 3.05) is 5.32 Å². The first kappa shape index (κ1) is 18.6. The van der Waals surface area contributed by atoms with Crippen molar-refractivity contribution in [1.82, 2.24) is 10.2 Å². The van der Waals surface area contributed by atoms with Crippen LogP contribution in [0, 0.1) is 6.92 Å². The van der Waals surface area contributed by atoms with Crippen molar-refractivity contribution in [3.63, 3.8) is 0 Å². The maximum atomic E-state index is 12.6. The van der Waals surface area contributed by atoms with Gasteiger partial charge < -0.3 is 0 Å². The van der Waals surface area contributed by atoms with Gasteiger partial charge in [-0.2, -0.15) is 0 Å².